The Kier molecular flexibility index (Phi) is 7.34. The van der Waals surface area contributed by atoms with Crippen LogP contribution in [0.3, 0.4) is 0 Å². The van der Waals surface area contributed by atoms with Crippen molar-refractivity contribution in [2.45, 2.75) is 0 Å². The maximum atomic E-state index is 10.6. The highest BCUT2D eigenvalue weighted by molar-refractivity contribution is 6.29. The quantitative estimate of drug-likeness (QED) is 0.365. The number of halogens is 2. The molecule has 0 aliphatic heterocycles. The number of anilines is 3. The zero-order chi connectivity index (χ0) is 19.8. The van der Waals surface area contributed by atoms with Crippen LogP contribution in [0.1, 0.15) is 0 Å². The van der Waals surface area contributed by atoms with Crippen LogP contribution in [0.25, 0.3) is 0 Å². The van der Waals surface area contributed by atoms with E-state index < -0.39 is 4.92 Å². The molecule has 2 heterocycles. The van der Waals surface area contributed by atoms with Gasteiger partial charge in [-0.05, 0) is 36.4 Å². The number of nitrogens with one attached hydrogen (secondary N) is 1. The molecule has 0 radical (unpaired) electrons. The average molecular weight is 406 g/mol. The van der Waals surface area contributed by atoms with Crippen LogP contribution in [0.4, 0.5) is 22.7 Å². The number of benzene rings is 1. The molecule has 9 heteroatoms. The van der Waals surface area contributed by atoms with E-state index in [2.05, 4.69) is 15.3 Å². The van der Waals surface area contributed by atoms with Gasteiger partial charge in [0.05, 0.1) is 4.92 Å². The summed E-state index contributed by atoms with van der Waals surface area (Å²) in [6, 6.07) is 13.5. The topological polar surface area (TPSA) is 84.2 Å². The minimum Gasteiger partial charge on any atom is -0.388 e. The molecule has 0 bridgehead atoms. The number of aromatic nitrogens is 2. The fourth-order valence-electron chi connectivity index (χ4n) is 2.11. The molecule has 0 amide bonds. The Morgan fingerprint density at radius 3 is 2.04 bits per heavy atom. The summed E-state index contributed by atoms with van der Waals surface area (Å²) < 4.78 is 0. The van der Waals surface area contributed by atoms with Gasteiger partial charge in [-0.25, -0.2) is 9.97 Å². The van der Waals surface area contributed by atoms with Crippen molar-refractivity contribution in [1.82, 2.24) is 9.97 Å². The van der Waals surface area contributed by atoms with Gasteiger partial charge in [0.25, 0.3) is 5.69 Å². The lowest BCUT2D eigenvalue weighted by Crippen LogP contribution is -2.09. The maximum absolute atomic E-state index is 10.6. The van der Waals surface area contributed by atoms with Gasteiger partial charge in [-0.3, -0.25) is 10.1 Å². The molecule has 1 aromatic carbocycles. The Labute approximate surface area is 166 Å². The minimum absolute atomic E-state index is 0.0694. The van der Waals surface area contributed by atoms with Crippen molar-refractivity contribution in [2.75, 3.05) is 24.3 Å². The van der Waals surface area contributed by atoms with E-state index in [9.17, 15) is 10.1 Å². The molecule has 0 saturated heterocycles. The van der Waals surface area contributed by atoms with Gasteiger partial charge in [0.15, 0.2) is 0 Å². The minimum atomic E-state index is -0.424. The first-order valence-electron chi connectivity index (χ1n) is 7.79. The van der Waals surface area contributed by atoms with E-state index in [0.717, 1.165) is 17.1 Å². The summed E-state index contributed by atoms with van der Waals surface area (Å²) in [6.45, 7) is 0. The largest absolute Gasteiger partial charge is 0.388 e. The third-order valence-corrected chi connectivity index (χ3v) is 3.97. The smallest absolute Gasteiger partial charge is 0.269 e. The number of rotatable bonds is 4. The van der Waals surface area contributed by atoms with Crippen molar-refractivity contribution in [3.63, 3.8) is 0 Å². The number of non-ortho nitro benzene ring substituents is 1. The molecular formula is C18H17Cl2N5O2. The van der Waals surface area contributed by atoms with Gasteiger partial charge in [0.1, 0.15) is 10.3 Å². The van der Waals surface area contributed by atoms with Gasteiger partial charge >= 0.3 is 0 Å². The first-order valence-corrected chi connectivity index (χ1v) is 8.55. The Morgan fingerprint density at radius 2 is 1.56 bits per heavy atom. The highest BCUT2D eigenvalue weighted by atomic mass is 35.5. The molecule has 0 spiro atoms. The first kappa shape index (κ1) is 20.4. The van der Waals surface area contributed by atoms with E-state index in [1.54, 1.807) is 36.7 Å². The summed E-state index contributed by atoms with van der Waals surface area (Å²) in [5, 5.41) is 14.4. The predicted molar refractivity (Wildman–Crippen MR) is 109 cm³/mol. The van der Waals surface area contributed by atoms with Crippen LogP contribution < -0.4 is 10.2 Å². The Morgan fingerprint density at radius 1 is 0.963 bits per heavy atom. The highest BCUT2D eigenvalue weighted by Crippen LogP contribution is 2.26. The summed E-state index contributed by atoms with van der Waals surface area (Å²) in [5.41, 5.74) is 2.75. The van der Waals surface area contributed by atoms with Crippen LogP contribution >= 0.6 is 23.2 Å². The molecule has 7 nitrogen and oxygen atoms in total. The van der Waals surface area contributed by atoms with Gasteiger partial charge in [-0.15, -0.1) is 0 Å². The number of pyridine rings is 2. The molecule has 1 N–H and O–H groups in total. The lowest BCUT2D eigenvalue weighted by molar-refractivity contribution is -0.384. The van der Waals surface area contributed by atoms with Gasteiger partial charge < -0.3 is 10.2 Å². The average Bonchev–Trinajstić information content (AvgIpc) is 2.68. The van der Waals surface area contributed by atoms with Crippen molar-refractivity contribution in [3.05, 3.63) is 81.3 Å². The molecule has 140 valence electrons. The lowest BCUT2D eigenvalue weighted by atomic mass is 10.2. The SMILES string of the molecule is CN(c1ccc([N+](=O)[O-])cc1)c1ccnc(Cl)c1.CNc1ccnc(Cl)c1. The summed E-state index contributed by atoms with van der Waals surface area (Å²) in [4.78, 5) is 19.7. The van der Waals surface area contributed by atoms with Gasteiger partial charge in [-0.2, -0.15) is 0 Å². The van der Waals surface area contributed by atoms with Crippen LogP contribution in [-0.2, 0) is 0 Å². The van der Waals surface area contributed by atoms with E-state index >= 15 is 0 Å². The zero-order valence-electron chi connectivity index (χ0n) is 14.6. The first-order chi connectivity index (χ1) is 12.9. The molecule has 3 rings (SSSR count). The third kappa shape index (κ3) is 6.09. The monoisotopic (exact) mass is 405 g/mol. The third-order valence-electron chi connectivity index (χ3n) is 3.56. The highest BCUT2D eigenvalue weighted by Gasteiger charge is 2.08. The molecule has 0 saturated carbocycles. The second-order valence-electron chi connectivity index (χ2n) is 5.29. The number of hydrogen-bond acceptors (Lipinski definition) is 6. The van der Waals surface area contributed by atoms with Crippen LogP contribution in [0.5, 0.6) is 0 Å². The molecule has 0 aliphatic rings. The molecule has 2 aromatic heterocycles. The normalized spacial score (nSPS) is 9.78. The summed E-state index contributed by atoms with van der Waals surface area (Å²) >= 11 is 11.4. The second-order valence-corrected chi connectivity index (χ2v) is 6.06. The number of hydrogen-bond donors (Lipinski definition) is 1. The molecule has 0 fully saturated rings. The van der Waals surface area contributed by atoms with Crippen molar-refractivity contribution in [1.29, 1.82) is 0 Å². The van der Waals surface area contributed by atoms with Crippen LogP contribution in [0, 0.1) is 10.1 Å². The fraction of sp³-hybridized carbons (Fsp3) is 0.111. The summed E-state index contributed by atoms with van der Waals surface area (Å²) in [7, 11) is 3.69. The lowest BCUT2D eigenvalue weighted by Gasteiger charge is -2.19. The number of nitro groups is 1. The van der Waals surface area contributed by atoms with Crippen LogP contribution in [0.15, 0.2) is 60.9 Å². The molecule has 0 unspecified atom stereocenters. The van der Waals surface area contributed by atoms with Crippen molar-refractivity contribution >= 4 is 46.0 Å². The maximum Gasteiger partial charge on any atom is 0.269 e. The van der Waals surface area contributed by atoms with E-state index in [-0.39, 0.29) is 5.69 Å². The van der Waals surface area contributed by atoms with Gasteiger partial charge in [0, 0.05) is 55.7 Å². The summed E-state index contributed by atoms with van der Waals surface area (Å²) in [5.74, 6) is 0. The number of nitro benzene ring substituents is 1. The standard InChI is InChI=1S/C12H10ClN3O2.C6H7ClN2/c1-15(11-6-7-14-12(13)8-11)9-2-4-10(5-3-9)16(17)18;1-8-5-2-3-9-6(7)4-5/h2-8H,1H3;2-4H,1H3,(H,8,9). The van der Waals surface area contributed by atoms with Crippen molar-refractivity contribution in [2.24, 2.45) is 0 Å². The van der Waals surface area contributed by atoms with E-state index in [0.29, 0.717) is 10.3 Å². The van der Waals surface area contributed by atoms with Crippen molar-refractivity contribution in [3.8, 4) is 0 Å². The molecule has 27 heavy (non-hydrogen) atoms. The predicted octanol–water partition coefficient (Wildman–Crippen LogP) is 5.19. The van der Waals surface area contributed by atoms with E-state index in [1.807, 2.05) is 31.1 Å². The Hall–Kier alpha value is -2.90. The summed E-state index contributed by atoms with van der Waals surface area (Å²) in [6.07, 6.45) is 3.27. The molecular weight excluding hydrogens is 389 g/mol. The molecule has 0 aliphatic carbocycles. The van der Waals surface area contributed by atoms with E-state index in [1.165, 1.54) is 12.1 Å². The second kappa shape index (κ2) is 9.70. The molecule has 0 atom stereocenters. The van der Waals surface area contributed by atoms with Crippen LogP contribution in [0.2, 0.25) is 10.3 Å². The van der Waals surface area contributed by atoms with Crippen LogP contribution in [-0.4, -0.2) is 29.0 Å². The zero-order valence-corrected chi connectivity index (χ0v) is 16.1. The van der Waals surface area contributed by atoms with E-state index in [4.69, 9.17) is 23.2 Å². The van der Waals surface area contributed by atoms with Gasteiger partial charge in [0.2, 0.25) is 0 Å². The Balaban J connectivity index is 0.000000244. The fourth-order valence-corrected chi connectivity index (χ4v) is 2.45. The van der Waals surface area contributed by atoms with Gasteiger partial charge in [-0.1, -0.05) is 23.2 Å². The Bertz CT molecular complexity index is 906. The number of nitrogens with zero attached hydrogens (tertiary/aromatic N) is 4. The molecule has 3 aromatic rings. The van der Waals surface area contributed by atoms with Crippen molar-refractivity contribution < 1.29 is 4.92 Å².